The Hall–Kier alpha value is -2.69. The number of nitrogens with one attached hydrogen (secondary N) is 3. The van der Waals surface area contributed by atoms with Crippen molar-refractivity contribution in [1.29, 1.82) is 0 Å². The minimum absolute atomic E-state index is 0. The van der Waals surface area contributed by atoms with Crippen LogP contribution < -0.4 is 31.2 Å². The van der Waals surface area contributed by atoms with E-state index < -0.39 is 0 Å². The number of carbonyl (C=O) groups excluding carboxylic acids is 1. The summed E-state index contributed by atoms with van der Waals surface area (Å²) >= 11 is 0. The van der Waals surface area contributed by atoms with E-state index in [2.05, 4.69) is 20.9 Å². The first-order valence-corrected chi connectivity index (χ1v) is 8.86. The van der Waals surface area contributed by atoms with Crippen molar-refractivity contribution >= 4 is 47.3 Å². The molecule has 0 aliphatic heterocycles. The van der Waals surface area contributed by atoms with Gasteiger partial charge in [-0.15, -0.1) is 24.0 Å². The average Bonchev–Trinajstić information content (AvgIpc) is 2.66. The van der Waals surface area contributed by atoms with Gasteiger partial charge in [-0.2, -0.15) is 0 Å². The molecule has 5 N–H and O–H groups in total. The number of methoxy groups -OCH3 is 2. The predicted octanol–water partition coefficient (Wildman–Crippen LogP) is 3.78. The second-order valence-corrected chi connectivity index (χ2v) is 6.35. The summed E-state index contributed by atoms with van der Waals surface area (Å²) in [6.07, 6.45) is 0. The first kappa shape index (κ1) is 24.3. The summed E-state index contributed by atoms with van der Waals surface area (Å²) < 4.78 is 10.5. The van der Waals surface area contributed by atoms with Crippen LogP contribution in [0.15, 0.2) is 47.5 Å². The zero-order valence-corrected chi connectivity index (χ0v) is 19.3. The van der Waals surface area contributed by atoms with Gasteiger partial charge in [-0.25, -0.2) is 9.79 Å². The Labute approximate surface area is 188 Å². The number of benzene rings is 2. The molecule has 0 aliphatic rings. The van der Waals surface area contributed by atoms with Crippen molar-refractivity contribution in [1.82, 2.24) is 5.32 Å². The fourth-order valence-corrected chi connectivity index (χ4v) is 2.40. The van der Waals surface area contributed by atoms with Crippen LogP contribution in [0.2, 0.25) is 0 Å². The molecule has 2 rings (SSSR count). The Kier molecular flexibility index (Phi) is 10.1. The number of hydrogen-bond donors (Lipinski definition) is 4. The van der Waals surface area contributed by atoms with Crippen LogP contribution in [0, 0.1) is 0 Å². The largest absolute Gasteiger partial charge is 0.493 e. The highest BCUT2D eigenvalue weighted by molar-refractivity contribution is 14.0. The molecule has 29 heavy (non-hydrogen) atoms. The molecule has 2 aromatic rings. The first-order valence-electron chi connectivity index (χ1n) is 8.86. The van der Waals surface area contributed by atoms with Crippen molar-refractivity contribution in [3.05, 3.63) is 48.0 Å². The molecule has 0 saturated heterocycles. The lowest BCUT2D eigenvalue weighted by Gasteiger charge is -2.11. The Morgan fingerprint density at radius 3 is 2.21 bits per heavy atom. The van der Waals surface area contributed by atoms with Crippen molar-refractivity contribution < 1.29 is 14.3 Å². The van der Waals surface area contributed by atoms with Gasteiger partial charge in [-0.3, -0.25) is 0 Å². The molecule has 158 valence electrons. The first-order chi connectivity index (χ1) is 13.4. The SMILES string of the molecule is COc1ccc(NC(N)=NCc2ccc(NC(=O)NC(C)C)cc2)cc1OC.I. The summed E-state index contributed by atoms with van der Waals surface area (Å²) in [5.41, 5.74) is 8.38. The van der Waals surface area contributed by atoms with E-state index in [4.69, 9.17) is 15.2 Å². The van der Waals surface area contributed by atoms with E-state index in [0.717, 1.165) is 11.3 Å². The lowest BCUT2D eigenvalue weighted by molar-refractivity contribution is 0.250. The molecular formula is C20H28IN5O3. The smallest absolute Gasteiger partial charge is 0.319 e. The maximum atomic E-state index is 11.7. The van der Waals surface area contributed by atoms with Gasteiger partial charge in [0.05, 0.1) is 20.8 Å². The third-order valence-electron chi connectivity index (χ3n) is 3.72. The van der Waals surface area contributed by atoms with Crippen LogP contribution in [0.4, 0.5) is 16.2 Å². The van der Waals surface area contributed by atoms with Gasteiger partial charge in [0.25, 0.3) is 0 Å². The number of ether oxygens (including phenoxy) is 2. The van der Waals surface area contributed by atoms with E-state index in [-0.39, 0.29) is 42.0 Å². The van der Waals surface area contributed by atoms with E-state index in [9.17, 15) is 4.79 Å². The summed E-state index contributed by atoms with van der Waals surface area (Å²) in [6, 6.07) is 12.7. The molecule has 0 radical (unpaired) electrons. The minimum Gasteiger partial charge on any atom is -0.493 e. The molecule has 2 aromatic carbocycles. The van der Waals surface area contributed by atoms with E-state index in [1.165, 1.54) is 0 Å². The van der Waals surface area contributed by atoms with Crippen LogP contribution in [0.3, 0.4) is 0 Å². The minimum atomic E-state index is -0.232. The molecule has 0 fully saturated rings. The third-order valence-corrected chi connectivity index (χ3v) is 3.72. The average molecular weight is 513 g/mol. The van der Waals surface area contributed by atoms with Gasteiger partial charge in [0, 0.05) is 23.5 Å². The molecule has 0 unspecified atom stereocenters. The van der Waals surface area contributed by atoms with Gasteiger partial charge in [0.2, 0.25) is 0 Å². The number of carbonyl (C=O) groups is 1. The molecule has 0 aromatic heterocycles. The molecule has 0 spiro atoms. The van der Waals surface area contributed by atoms with E-state index in [1.807, 2.05) is 44.2 Å². The number of anilines is 2. The molecule has 0 bridgehead atoms. The van der Waals surface area contributed by atoms with Crippen LogP contribution in [0.5, 0.6) is 11.5 Å². The zero-order chi connectivity index (χ0) is 20.5. The molecule has 9 heteroatoms. The normalized spacial score (nSPS) is 10.7. The highest BCUT2D eigenvalue weighted by Gasteiger charge is 2.06. The molecule has 2 amide bonds. The quantitative estimate of drug-likeness (QED) is 0.256. The molecule has 0 saturated carbocycles. The standard InChI is InChI=1S/C20H27N5O3.HI/c1-13(2)23-20(26)25-15-7-5-14(6-8-15)12-22-19(21)24-16-9-10-17(27-3)18(11-16)28-4;/h5-11,13H,12H2,1-4H3,(H3,21,22,24)(H2,23,25,26);1H. The Bertz CT molecular complexity index is 825. The number of nitrogens with zero attached hydrogens (tertiary/aromatic N) is 1. The molecule has 0 atom stereocenters. The van der Waals surface area contributed by atoms with Gasteiger partial charge in [-0.05, 0) is 43.7 Å². The summed E-state index contributed by atoms with van der Waals surface area (Å²) in [6.45, 7) is 4.22. The Morgan fingerprint density at radius 2 is 1.62 bits per heavy atom. The second-order valence-electron chi connectivity index (χ2n) is 6.35. The predicted molar refractivity (Wildman–Crippen MR) is 128 cm³/mol. The summed E-state index contributed by atoms with van der Waals surface area (Å²) in [5.74, 6) is 1.52. The van der Waals surface area contributed by atoms with Crippen LogP contribution in [-0.4, -0.2) is 32.3 Å². The maximum absolute atomic E-state index is 11.7. The number of aliphatic imine (C=N–C) groups is 1. The maximum Gasteiger partial charge on any atom is 0.319 e. The molecular weight excluding hydrogens is 485 g/mol. The fraction of sp³-hybridized carbons (Fsp3) is 0.300. The zero-order valence-electron chi connectivity index (χ0n) is 17.0. The van der Waals surface area contributed by atoms with Gasteiger partial charge < -0.3 is 31.2 Å². The highest BCUT2D eigenvalue weighted by atomic mass is 127. The van der Waals surface area contributed by atoms with Gasteiger partial charge >= 0.3 is 6.03 Å². The number of guanidine groups is 1. The number of halogens is 1. The van der Waals surface area contributed by atoms with Crippen molar-refractivity contribution in [3.63, 3.8) is 0 Å². The van der Waals surface area contributed by atoms with Crippen LogP contribution in [0.1, 0.15) is 19.4 Å². The van der Waals surface area contributed by atoms with Gasteiger partial charge in [-0.1, -0.05) is 12.1 Å². The summed E-state index contributed by atoms with van der Waals surface area (Å²) in [7, 11) is 3.16. The Morgan fingerprint density at radius 1 is 1.00 bits per heavy atom. The highest BCUT2D eigenvalue weighted by Crippen LogP contribution is 2.29. The molecule has 8 nitrogen and oxygen atoms in total. The van der Waals surface area contributed by atoms with Crippen LogP contribution in [-0.2, 0) is 6.54 Å². The third kappa shape index (κ3) is 8.06. The summed E-state index contributed by atoms with van der Waals surface area (Å²) in [4.78, 5) is 16.0. The van der Waals surface area contributed by atoms with Gasteiger partial charge in [0.15, 0.2) is 17.5 Å². The number of amides is 2. The molecule has 0 aliphatic carbocycles. The van der Waals surface area contributed by atoms with Crippen molar-refractivity contribution in [2.75, 3.05) is 24.9 Å². The van der Waals surface area contributed by atoms with E-state index >= 15 is 0 Å². The monoisotopic (exact) mass is 513 g/mol. The van der Waals surface area contributed by atoms with E-state index in [1.54, 1.807) is 26.4 Å². The van der Waals surface area contributed by atoms with Crippen LogP contribution in [0.25, 0.3) is 0 Å². The lowest BCUT2D eigenvalue weighted by Crippen LogP contribution is -2.34. The number of rotatable bonds is 7. The number of nitrogens with two attached hydrogens (primary N) is 1. The summed E-state index contributed by atoms with van der Waals surface area (Å²) in [5, 5.41) is 8.56. The molecule has 0 heterocycles. The second kappa shape index (κ2) is 12.0. The van der Waals surface area contributed by atoms with E-state index in [0.29, 0.717) is 23.7 Å². The van der Waals surface area contributed by atoms with Crippen molar-refractivity contribution in [2.45, 2.75) is 26.4 Å². The van der Waals surface area contributed by atoms with Crippen LogP contribution >= 0.6 is 24.0 Å². The topological polar surface area (TPSA) is 110 Å². The fourth-order valence-electron chi connectivity index (χ4n) is 2.40. The Balaban J connectivity index is 0.00000420. The number of urea groups is 1. The number of hydrogen-bond acceptors (Lipinski definition) is 4. The van der Waals surface area contributed by atoms with Crippen molar-refractivity contribution in [3.8, 4) is 11.5 Å². The van der Waals surface area contributed by atoms with Gasteiger partial charge in [0.1, 0.15) is 0 Å². The van der Waals surface area contributed by atoms with Crippen molar-refractivity contribution in [2.24, 2.45) is 10.7 Å². The lowest BCUT2D eigenvalue weighted by atomic mass is 10.2.